The highest BCUT2D eigenvalue weighted by Gasteiger charge is 2.51. The Morgan fingerprint density at radius 1 is 1.16 bits per heavy atom. The number of aldehydes is 1. The fourth-order valence-electron chi connectivity index (χ4n) is 3.17. The van der Waals surface area contributed by atoms with Gasteiger partial charge >= 0.3 is 7.12 Å². The summed E-state index contributed by atoms with van der Waals surface area (Å²) in [6, 6.07) is 7.47. The normalized spacial score (nSPS) is 18.8. The quantitative estimate of drug-likeness (QED) is 0.360. The van der Waals surface area contributed by atoms with E-state index >= 15 is 0 Å². The number of carbonyl (C=O) groups excluding carboxylic acids is 1. The number of hydrogen-bond acceptors (Lipinski definition) is 7. The van der Waals surface area contributed by atoms with Gasteiger partial charge in [-0.3, -0.25) is 4.79 Å². The molecular formula is C22H28BCl2N3O3S. The Morgan fingerprint density at radius 2 is 1.84 bits per heavy atom. The van der Waals surface area contributed by atoms with Crippen LogP contribution < -0.4 is 15.1 Å². The van der Waals surface area contributed by atoms with Crippen LogP contribution in [0.4, 0.5) is 11.5 Å². The van der Waals surface area contributed by atoms with Crippen molar-refractivity contribution in [3.05, 3.63) is 46.1 Å². The fourth-order valence-corrected chi connectivity index (χ4v) is 4.53. The number of nitrogens with one attached hydrogen (secondary N) is 1. The minimum absolute atomic E-state index is 0.334. The summed E-state index contributed by atoms with van der Waals surface area (Å²) < 4.78 is 14.1. The van der Waals surface area contributed by atoms with Crippen molar-refractivity contribution in [2.45, 2.75) is 45.3 Å². The molecule has 6 nitrogen and oxygen atoms in total. The molecule has 2 fully saturated rings. The number of rotatable bonds is 4. The molecule has 0 amide bonds. The van der Waals surface area contributed by atoms with E-state index in [-0.39, 0.29) is 18.3 Å². The second-order valence-corrected chi connectivity index (χ2v) is 10.5. The highest BCUT2D eigenvalue weighted by molar-refractivity contribution is 8.00. The first-order valence-electron chi connectivity index (χ1n) is 10.4. The molecule has 1 N–H and O–H groups in total. The monoisotopic (exact) mass is 495 g/mol. The van der Waals surface area contributed by atoms with Gasteiger partial charge in [0.1, 0.15) is 5.82 Å². The van der Waals surface area contributed by atoms with Crippen molar-refractivity contribution in [2.24, 2.45) is 0 Å². The summed E-state index contributed by atoms with van der Waals surface area (Å²) >= 11 is 13.6. The lowest BCUT2D eigenvalue weighted by atomic mass is 9.79. The molecule has 172 valence electrons. The Hall–Kier alpha value is -1.45. The average Bonchev–Trinajstić information content (AvgIpc) is 3.34. The smallest absolute Gasteiger partial charge is 0.399 e. The van der Waals surface area contributed by atoms with E-state index in [2.05, 4.69) is 14.6 Å². The minimum atomic E-state index is -0.374. The van der Waals surface area contributed by atoms with Gasteiger partial charge in [0.15, 0.2) is 6.29 Å². The topological polar surface area (TPSA) is 63.7 Å². The van der Waals surface area contributed by atoms with Crippen molar-refractivity contribution in [3.8, 4) is 0 Å². The molecule has 0 spiro atoms. The third-order valence-corrected chi connectivity index (χ3v) is 7.43. The second-order valence-electron chi connectivity index (χ2n) is 8.58. The lowest BCUT2D eigenvalue weighted by Crippen LogP contribution is -2.41. The van der Waals surface area contributed by atoms with E-state index < -0.39 is 0 Å². The number of halogens is 2. The molecule has 0 atom stereocenters. The standard InChI is InChI=1S/C13H19BClNO2.C9H9ClN2OS/c1-12(2)13(3,4)18-14(17-12)9-6-10(15)8-11(7-9)16-5;10-8-5-11-9(4-7(8)6-13)12-2-1-3-14-12/h6-8,16H,1-5H3;4-6H,1-3H2. The highest BCUT2D eigenvalue weighted by Crippen LogP contribution is 2.36. The lowest BCUT2D eigenvalue weighted by molar-refractivity contribution is 0.00578. The number of hydrogen-bond donors (Lipinski definition) is 1. The molecule has 1 aromatic carbocycles. The summed E-state index contributed by atoms with van der Waals surface area (Å²) in [5.74, 6) is 1.93. The number of benzene rings is 1. The van der Waals surface area contributed by atoms with Crippen molar-refractivity contribution in [3.63, 3.8) is 0 Å². The van der Waals surface area contributed by atoms with Gasteiger partial charge in [0.05, 0.1) is 16.2 Å². The van der Waals surface area contributed by atoms with Crippen LogP contribution in [-0.2, 0) is 9.31 Å². The van der Waals surface area contributed by atoms with Crippen LogP contribution in [0.3, 0.4) is 0 Å². The Labute approximate surface area is 204 Å². The molecule has 32 heavy (non-hydrogen) atoms. The van der Waals surface area contributed by atoms with E-state index in [1.54, 1.807) is 18.0 Å². The molecule has 2 aromatic rings. The average molecular weight is 496 g/mol. The van der Waals surface area contributed by atoms with Gasteiger partial charge in [-0.05, 0) is 75.8 Å². The molecule has 0 aliphatic carbocycles. The van der Waals surface area contributed by atoms with Gasteiger partial charge in [-0.25, -0.2) is 4.98 Å². The van der Waals surface area contributed by atoms with Gasteiger partial charge in [0.2, 0.25) is 0 Å². The van der Waals surface area contributed by atoms with Crippen molar-refractivity contribution in [1.82, 2.24) is 4.98 Å². The molecule has 2 saturated heterocycles. The Morgan fingerprint density at radius 3 is 2.41 bits per heavy atom. The molecule has 10 heteroatoms. The Kier molecular flexibility index (Phi) is 8.04. The van der Waals surface area contributed by atoms with Gasteiger partial charge in [0.25, 0.3) is 0 Å². The van der Waals surface area contributed by atoms with E-state index in [0.29, 0.717) is 15.6 Å². The zero-order valence-electron chi connectivity index (χ0n) is 18.9. The first-order valence-corrected chi connectivity index (χ1v) is 12.1. The van der Waals surface area contributed by atoms with Crippen LogP contribution in [0, 0.1) is 0 Å². The minimum Gasteiger partial charge on any atom is -0.399 e. The predicted molar refractivity (Wildman–Crippen MR) is 136 cm³/mol. The van der Waals surface area contributed by atoms with E-state index in [9.17, 15) is 4.79 Å². The fraction of sp³-hybridized carbons (Fsp3) is 0.455. The molecule has 2 aliphatic rings. The third-order valence-electron chi connectivity index (χ3n) is 5.74. The largest absolute Gasteiger partial charge is 0.494 e. The van der Waals surface area contributed by atoms with Crippen molar-refractivity contribution < 1.29 is 14.1 Å². The van der Waals surface area contributed by atoms with Crippen LogP contribution in [0.2, 0.25) is 10.0 Å². The molecular weight excluding hydrogens is 468 g/mol. The summed E-state index contributed by atoms with van der Waals surface area (Å²) in [4.78, 5) is 14.8. The number of anilines is 2. The molecule has 3 heterocycles. The van der Waals surface area contributed by atoms with Gasteiger partial charge < -0.3 is 18.9 Å². The van der Waals surface area contributed by atoms with Crippen LogP contribution in [0.5, 0.6) is 0 Å². The number of pyridine rings is 1. The van der Waals surface area contributed by atoms with E-state index in [1.807, 2.05) is 52.9 Å². The molecule has 0 unspecified atom stereocenters. The summed E-state index contributed by atoms with van der Waals surface area (Å²) in [7, 11) is 1.49. The second kappa shape index (κ2) is 10.2. The van der Waals surface area contributed by atoms with E-state index in [4.69, 9.17) is 32.5 Å². The van der Waals surface area contributed by atoms with Crippen molar-refractivity contribution in [1.29, 1.82) is 0 Å². The van der Waals surface area contributed by atoms with E-state index in [1.165, 1.54) is 6.20 Å². The summed E-state index contributed by atoms with van der Waals surface area (Å²) in [5.41, 5.74) is 1.72. The van der Waals surface area contributed by atoms with Crippen LogP contribution >= 0.6 is 35.1 Å². The van der Waals surface area contributed by atoms with Crippen LogP contribution in [-0.4, -0.2) is 48.9 Å². The Balaban J connectivity index is 0.000000186. The third kappa shape index (κ3) is 5.72. The first-order chi connectivity index (χ1) is 15.1. The summed E-state index contributed by atoms with van der Waals surface area (Å²) in [6.07, 6.45) is 3.44. The van der Waals surface area contributed by atoms with Crippen LogP contribution in [0.1, 0.15) is 44.5 Å². The molecule has 0 radical (unpaired) electrons. The molecule has 0 saturated carbocycles. The maximum atomic E-state index is 10.7. The molecule has 1 aromatic heterocycles. The lowest BCUT2D eigenvalue weighted by Gasteiger charge is -2.32. The molecule has 2 aliphatic heterocycles. The SMILES string of the molecule is CNc1cc(Cl)cc(B2OC(C)(C)C(C)(C)O2)c1.O=Cc1cc(N2CCCS2)ncc1Cl. The maximum absolute atomic E-state index is 10.7. The maximum Gasteiger partial charge on any atom is 0.494 e. The number of nitrogens with zero attached hydrogens (tertiary/aromatic N) is 2. The zero-order chi connectivity index (χ0) is 23.5. The molecule has 4 rings (SSSR count). The first kappa shape index (κ1) is 25.2. The highest BCUT2D eigenvalue weighted by atomic mass is 35.5. The summed E-state index contributed by atoms with van der Waals surface area (Å²) in [6.45, 7) is 9.14. The zero-order valence-corrected chi connectivity index (χ0v) is 21.3. The van der Waals surface area contributed by atoms with Gasteiger partial charge in [-0.2, -0.15) is 0 Å². The summed E-state index contributed by atoms with van der Waals surface area (Å²) in [5, 5.41) is 4.16. The Bertz CT molecular complexity index is 955. The van der Waals surface area contributed by atoms with Crippen molar-refractivity contribution >= 4 is 65.5 Å². The van der Waals surface area contributed by atoms with E-state index in [0.717, 1.165) is 42.0 Å². The number of aromatic nitrogens is 1. The van der Waals surface area contributed by atoms with Crippen molar-refractivity contribution in [2.75, 3.05) is 29.0 Å². The predicted octanol–water partition coefficient (Wildman–Crippen LogP) is 5.09. The number of carbonyl (C=O) groups is 1. The molecule has 0 bridgehead atoms. The van der Waals surface area contributed by atoms with Gasteiger partial charge in [0, 0.05) is 41.8 Å². The van der Waals surface area contributed by atoms with Crippen LogP contribution in [0.15, 0.2) is 30.5 Å². The van der Waals surface area contributed by atoms with Crippen LogP contribution in [0.25, 0.3) is 0 Å². The van der Waals surface area contributed by atoms with Gasteiger partial charge in [-0.1, -0.05) is 23.2 Å². The van der Waals surface area contributed by atoms with Gasteiger partial charge in [-0.15, -0.1) is 0 Å².